The fourth-order valence-electron chi connectivity index (χ4n) is 2.57. The molecule has 0 fully saturated rings. The van der Waals surface area contributed by atoms with E-state index in [2.05, 4.69) is 4.74 Å². The Hall–Kier alpha value is -3.84. The molecule has 3 aromatic carbocycles. The number of alkyl halides is 3. The third kappa shape index (κ3) is 4.40. The van der Waals surface area contributed by atoms with E-state index < -0.39 is 86.8 Å². The van der Waals surface area contributed by atoms with Gasteiger partial charge < -0.3 is 20.9 Å². The average molecular weight is 486 g/mol. The van der Waals surface area contributed by atoms with Gasteiger partial charge in [-0.05, 0) is 0 Å². The molecule has 3 aromatic rings. The van der Waals surface area contributed by atoms with E-state index in [1.54, 1.807) is 0 Å². The highest BCUT2D eigenvalue weighted by Crippen LogP contribution is 2.44. The lowest BCUT2D eigenvalue weighted by Crippen LogP contribution is -2.11. The minimum absolute atomic E-state index is 0.00231. The summed E-state index contributed by atoms with van der Waals surface area (Å²) in [7, 11) is 0. The zero-order chi connectivity index (χ0) is 24.8. The van der Waals surface area contributed by atoms with Crippen molar-refractivity contribution < 1.29 is 53.4 Å². The van der Waals surface area contributed by atoms with Crippen LogP contribution in [-0.4, -0.2) is 0 Å². The highest BCUT2D eigenvalue weighted by atomic mass is 19.4. The van der Waals surface area contributed by atoms with Gasteiger partial charge in [-0.15, -0.1) is 0 Å². The van der Waals surface area contributed by atoms with Crippen molar-refractivity contribution >= 4 is 11.4 Å². The predicted octanol–water partition coefficient (Wildman–Crippen LogP) is 6.43. The largest absolute Gasteiger partial charge is 0.454 e. The van der Waals surface area contributed by atoms with Gasteiger partial charge in [0.15, 0.2) is 46.4 Å². The minimum atomic E-state index is -5.46. The normalized spacial score (nSPS) is 11.6. The summed E-state index contributed by atoms with van der Waals surface area (Å²) in [5.74, 6) is -17.8. The van der Waals surface area contributed by atoms with Crippen LogP contribution >= 0.6 is 0 Å². The first-order chi connectivity index (χ1) is 15.2. The van der Waals surface area contributed by atoms with Crippen LogP contribution in [0.15, 0.2) is 24.3 Å². The maximum Gasteiger partial charge on any atom is 0.422 e. The van der Waals surface area contributed by atoms with Crippen LogP contribution < -0.4 is 20.9 Å². The summed E-state index contributed by atoms with van der Waals surface area (Å²) in [6, 6.07) is 0.456. The van der Waals surface area contributed by atoms with Crippen LogP contribution in [-0.2, 0) is 6.18 Å². The van der Waals surface area contributed by atoms with E-state index in [9.17, 15) is 43.9 Å². The molecule has 0 spiro atoms. The average Bonchev–Trinajstić information content (AvgIpc) is 2.71. The lowest BCUT2D eigenvalue weighted by atomic mass is 10.1. The van der Waals surface area contributed by atoms with Gasteiger partial charge in [0.1, 0.15) is 34.3 Å². The summed E-state index contributed by atoms with van der Waals surface area (Å²) in [6.07, 6.45) is -5.46. The van der Waals surface area contributed by atoms with Crippen LogP contribution in [0.1, 0.15) is 5.56 Å². The summed E-state index contributed by atoms with van der Waals surface area (Å²) in [5.41, 5.74) is 5.05. The van der Waals surface area contributed by atoms with Crippen LogP contribution in [0.4, 0.5) is 55.3 Å². The second-order valence-electron chi connectivity index (χ2n) is 6.28. The number of hydrogen-bond donors (Lipinski definition) is 2. The molecular weight excluding hydrogens is 478 g/mol. The molecule has 0 saturated carbocycles. The third-order valence-corrected chi connectivity index (χ3v) is 4.07. The Morgan fingerprint density at radius 2 is 1.00 bits per heavy atom. The van der Waals surface area contributed by atoms with Crippen molar-refractivity contribution in [1.82, 2.24) is 0 Å². The van der Waals surface area contributed by atoms with E-state index in [4.69, 9.17) is 16.2 Å². The molecule has 0 atom stereocenters. The summed E-state index contributed by atoms with van der Waals surface area (Å²) < 4.78 is 145. The van der Waals surface area contributed by atoms with Crippen LogP contribution in [0, 0.1) is 40.7 Å². The molecule has 4 N–H and O–H groups in total. The lowest BCUT2D eigenvalue weighted by molar-refractivity contribution is -0.141. The molecule has 14 heteroatoms. The SMILES string of the molecule is Nc1c(F)c(F)cc(Oc2cc(F)c(C(F)(F)F)c(Oc3cc(F)c(F)c(N)c3F)c2)c1F. The van der Waals surface area contributed by atoms with Gasteiger partial charge in [0, 0.05) is 24.3 Å². The van der Waals surface area contributed by atoms with Crippen LogP contribution in [0.5, 0.6) is 23.0 Å². The van der Waals surface area contributed by atoms with E-state index in [0.717, 1.165) is 0 Å². The number of rotatable bonds is 4. The molecule has 0 amide bonds. The third-order valence-electron chi connectivity index (χ3n) is 4.07. The van der Waals surface area contributed by atoms with Gasteiger partial charge in [0.2, 0.25) is 0 Å². The molecule has 0 aromatic heterocycles. The van der Waals surface area contributed by atoms with Crippen molar-refractivity contribution in [2.24, 2.45) is 0 Å². The maximum absolute atomic E-state index is 14.3. The molecule has 0 unspecified atom stereocenters. The minimum Gasteiger partial charge on any atom is -0.454 e. The molecule has 0 aliphatic rings. The first-order valence-electron chi connectivity index (χ1n) is 8.34. The Balaban J connectivity index is 2.15. The van der Waals surface area contributed by atoms with Gasteiger partial charge in [-0.3, -0.25) is 0 Å². The van der Waals surface area contributed by atoms with Gasteiger partial charge in [-0.1, -0.05) is 0 Å². The molecule has 33 heavy (non-hydrogen) atoms. The zero-order valence-electron chi connectivity index (χ0n) is 15.6. The van der Waals surface area contributed by atoms with Crippen molar-refractivity contribution in [2.45, 2.75) is 6.18 Å². The summed E-state index contributed by atoms with van der Waals surface area (Å²) >= 11 is 0. The smallest absolute Gasteiger partial charge is 0.422 e. The van der Waals surface area contributed by atoms with E-state index in [1.165, 1.54) is 0 Å². The molecule has 176 valence electrons. The lowest BCUT2D eigenvalue weighted by Gasteiger charge is -2.17. The fourth-order valence-corrected chi connectivity index (χ4v) is 2.57. The molecule has 4 nitrogen and oxygen atoms in total. The van der Waals surface area contributed by atoms with Crippen molar-refractivity contribution in [1.29, 1.82) is 0 Å². The van der Waals surface area contributed by atoms with Crippen molar-refractivity contribution in [3.63, 3.8) is 0 Å². The van der Waals surface area contributed by atoms with Gasteiger partial charge in [0.25, 0.3) is 0 Å². The number of anilines is 2. The molecule has 0 heterocycles. The number of nitrogens with two attached hydrogens (primary N) is 2. The first-order valence-corrected chi connectivity index (χ1v) is 8.34. The zero-order valence-corrected chi connectivity index (χ0v) is 15.6. The molecule has 3 rings (SSSR count). The monoisotopic (exact) mass is 486 g/mol. The van der Waals surface area contributed by atoms with Gasteiger partial charge >= 0.3 is 6.18 Å². The van der Waals surface area contributed by atoms with Crippen molar-refractivity contribution in [3.05, 3.63) is 70.5 Å². The Labute approximate surface area is 176 Å². The second-order valence-corrected chi connectivity index (χ2v) is 6.28. The maximum atomic E-state index is 14.3. The number of ether oxygens (including phenoxy) is 2. The molecular formula is C19H8F10N2O2. The highest BCUT2D eigenvalue weighted by molar-refractivity contribution is 5.53. The Morgan fingerprint density at radius 1 is 0.545 bits per heavy atom. The Kier molecular flexibility index (Phi) is 5.96. The number of halogens is 10. The fraction of sp³-hybridized carbons (Fsp3) is 0.0526. The van der Waals surface area contributed by atoms with Gasteiger partial charge in [-0.2, -0.15) is 13.2 Å². The van der Waals surface area contributed by atoms with Crippen LogP contribution in [0.2, 0.25) is 0 Å². The van der Waals surface area contributed by atoms with Crippen LogP contribution in [0.3, 0.4) is 0 Å². The summed E-state index contributed by atoms with van der Waals surface area (Å²) in [5, 5.41) is 0. The quantitative estimate of drug-likeness (QED) is 0.254. The van der Waals surface area contributed by atoms with Crippen LogP contribution in [0.25, 0.3) is 0 Å². The number of benzene rings is 3. The topological polar surface area (TPSA) is 70.5 Å². The first kappa shape index (κ1) is 23.8. The Bertz CT molecular complexity index is 1260. The standard InChI is InChI=1S/C19H8F10N2O2/c20-6-1-5(32-10-3-7(21)13(23)17(30)15(10)25)2-9(12(6)19(27,28)29)33-11-4-8(22)14(24)18(31)16(11)26/h1-4H,30-31H2. The van der Waals surface area contributed by atoms with Crippen molar-refractivity contribution in [3.8, 4) is 23.0 Å². The summed E-state index contributed by atoms with van der Waals surface area (Å²) in [4.78, 5) is 0. The number of nitrogen functional groups attached to an aromatic ring is 2. The predicted molar refractivity (Wildman–Crippen MR) is 93.0 cm³/mol. The highest BCUT2D eigenvalue weighted by Gasteiger charge is 2.39. The van der Waals surface area contributed by atoms with E-state index in [1.807, 2.05) is 0 Å². The van der Waals surface area contributed by atoms with Gasteiger partial charge in [0.05, 0.1) is 0 Å². The number of hydrogen-bond acceptors (Lipinski definition) is 4. The van der Waals surface area contributed by atoms with Gasteiger partial charge in [-0.25, -0.2) is 30.7 Å². The van der Waals surface area contributed by atoms with E-state index >= 15 is 0 Å². The molecule has 0 aliphatic carbocycles. The molecule has 0 radical (unpaired) electrons. The Morgan fingerprint density at radius 3 is 1.45 bits per heavy atom. The second kappa shape index (κ2) is 8.26. The molecule has 0 saturated heterocycles. The van der Waals surface area contributed by atoms with Crippen molar-refractivity contribution in [2.75, 3.05) is 11.5 Å². The van der Waals surface area contributed by atoms with E-state index in [0.29, 0.717) is 0 Å². The molecule has 0 bridgehead atoms. The molecule has 0 aliphatic heterocycles. The van der Waals surface area contributed by atoms with E-state index in [-0.39, 0.29) is 24.3 Å². The summed E-state index contributed by atoms with van der Waals surface area (Å²) in [6.45, 7) is 0.